The van der Waals surface area contributed by atoms with Crippen molar-refractivity contribution >= 4 is 0 Å². The number of fused-ring (bicyclic) bond motifs is 1. The Bertz CT molecular complexity index is 451. The zero-order valence-electron chi connectivity index (χ0n) is 14.0. The van der Waals surface area contributed by atoms with Crippen molar-refractivity contribution in [3.8, 4) is 0 Å². The molecule has 4 saturated carbocycles. The lowest BCUT2D eigenvalue weighted by Crippen LogP contribution is -2.37. The van der Waals surface area contributed by atoms with Crippen LogP contribution in [0.2, 0.25) is 0 Å². The molecule has 0 nitrogen and oxygen atoms in total. The van der Waals surface area contributed by atoms with Gasteiger partial charge in [-0.25, -0.2) is 0 Å². The topological polar surface area (TPSA) is 0 Å². The maximum absolute atomic E-state index is 4.47. The highest BCUT2D eigenvalue weighted by molar-refractivity contribution is 5.33. The van der Waals surface area contributed by atoms with E-state index in [0.29, 0.717) is 5.41 Å². The van der Waals surface area contributed by atoms with Gasteiger partial charge < -0.3 is 0 Å². The molecule has 116 valence electrons. The quantitative estimate of drug-likeness (QED) is 0.536. The lowest BCUT2D eigenvalue weighted by atomic mass is 9.62. The highest BCUT2D eigenvalue weighted by Crippen LogP contribution is 2.73. The number of hydrogen-bond acceptors (Lipinski definition) is 0. The highest BCUT2D eigenvalue weighted by atomic mass is 14.7. The Labute approximate surface area is 131 Å². The van der Waals surface area contributed by atoms with Crippen molar-refractivity contribution in [3.05, 3.63) is 24.8 Å². The standard InChI is InChI=1S/C21H32/c1-5-6-9-21(10-11-21)20-17(14(3)16-7-8-16)12-13(2)18-15(4)19(18)20/h5,13-14,16-20H,1,4,6-12H2,2-3H3. The summed E-state index contributed by atoms with van der Waals surface area (Å²) in [5.41, 5.74) is 2.31. The van der Waals surface area contributed by atoms with Crippen LogP contribution in [0.15, 0.2) is 24.8 Å². The summed E-state index contributed by atoms with van der Waals surface area (Å²) in [5.74, 6) is 6.67. The van der Waals surface area contributed by atoms with Gasteiger partial charge in [-0.3, -0.25) is 0 Å². The predicted octanol–water partition coefficient (Wildman–Crippen LogP) is 5.85. The van der Waals surface area contributed by atoms with Crippen molar-refractivity contribution in [1.29, 1.82) is 0 Å². The molecule has 0 saturated heterocycles. The van der Waals surface area contributed by atoms with E-state index < -0.39 is 0 Å². The van der Waals surface area contributed by atoms with Crippen LogP contribution in [0.3, 0.4) is 0 Å². The summed E-state index contributed by atoms with van der Waals surface area (Å²) in [6.07, 6.45) is 12.2. The molecule has 0 N–H and O–H groups in total. The van der Waals surface area contributed by atoms with E-state index in [9.17, 15) is 0 Å². The van der Waals surface area contributed by atoms with Crippen molar-refractivity contribution in [2.24, 2.45) is 46.8 Å². The van der Waals surface area contributed by atoms with E-state index in [1.54, 1.807) is 5.57 Å². The Balaban J connectivity index is 1.60. The summed E-state index contributed by atoms with van der Waals surface area (Å²) in [4.78, 5) is 0. The second-order valence-electron chi connectivity index (χ2n) is 8.92. The van der Waals surface area contributed by atoms with Crippen molar-refractivity contribution < 1.29 is 0 Å². The molecule has 0 heterocycles. The molecule has 21 heavy (non-hydrogen) atoms. The summed E-state index contributed by atoms with van der Waals surface area (Å²) in [6, 6.07) is 0. The lowest BCUT2D eigenvalue weighted by Gasteiger charge is -2.43. The SMILES string of the molecule is C=CCCC1(C2C(C(C)C3CC3)CC(C)C3C(=C)C32)CC1. The third-order valence-electron chi connectivity index (χ3n) is 7.73. The molecule has 0 aromatic rings. The molecule has 6 unspecified atom stereocenters. The molecule has 4 rings (SSSR count). The van der Waals surface area contributed by atoms with Crippen LogP contribution in [0.1, 0.15) is 58.8 Å². The van der Waals surface area contributed by atoms with Crippen molar-refractivity contribution in [2.45, 2.75) is 58.8 Å². The first-order valence-electron chi connectivity index (χ1n) is 9.38. The van der Waals surface area contributed by atoms with Crippen LogP contribution >= 0.6 is 0 Å². The molecule has 0 aromatic carbocycles. The minimum absolute atomic E-state index is 0.685. The van der Waals surface area contributed by atoms with Crippen LogP contribution in [0.4, 0.5) is 0 Å². The molecule has 0 spiro atoms. The normalized spacial score (nSPS) is 44.9. The number of rotatable bonds is 6. The molecule has 0 amide bonds. The van der Waals surface area contributed by atoms with Crippen LogP contribution in [0.25, 0.3) is 0 Å². The average molecular weight is 284 g/mol. The number of allylic oxidation sites excluding steroid dienone is 2. The summed E-state index contributed by atoms with van der Waals surface area (Å²) in [5, 5.41) is 0. The van der Waals surface area contributed by atoms with Crippen LogP contribution in [-0.2, 0) is 0 Å². The summed E-state index contributed by atoms with van der Waals surface area (Å²) < 4.78 is 0. The van der Waals surface area contributed by atoms with Gasteiger partial charge in [0.15, 0.2) is 0 Å². The Morgan fingerprint density at radius 3 is 2.57 bits per heavy atom. The van der Waals surface area contributed by atoms with Crippen molar-refractivity contribution in [2.75, 3.05) is 0 Å². The molecule has 6 atom stereocenters. The molecule has 4 fully saturated rings. The third-order valence-corrected chi connectivity index (χ3v) is 7.73. The molecule has 4 aliphatic carbocycles. The van der Waals surface area contributed by atoms with Gasteiger partial charge in [0, 0.05) is 0 Å². The van der Waals surface area contributed by atoms with Gasteiger partial charge in [-0.05, 0) is 91.8 Å². The first-order valence-corrected chi connectivity index (χ1v) is 9.38. The van der Waals surface area contributed by atoms with Gasteiger partial charge in [0.1, 0.15) is 0 Å². The van der Waals surface area contributed by atoms with Crippen LogP contribution in [0, 0.1) is 46.8 Å². The fourth-order valence-electron chi connectivity index (χ4n) is 6.17. The zero-order valence-corrected chi connectivity index (χ0v) is 14.0. The van der Waals surface area contributed by atoms with Crippen molar-refractivity contribution in [1.82, 2.24) is 0 Å². The average Bonchev–Trinajstić information content (AvgIpc) is 3.31. The molecule has 4 aliphatic rings. The molecule has 0 heteroatoms. The lowest BCUT2D eigenvalue weighted by molar-refractivity contribution is 0.0524. The largest absolute Gasteiger partial charge is 0.103 e. The molecular formula is C21H32. The maximum Gasteiger partial charge on any atom is -0.00982 e. The molecule has 0 aliphatic heterocycles. The van der Waals surface area contributed by atoms with E-state index in [4.69, 9.17) is 0 Å². The van der Waals surface area contributed by atoms with Gasteiger partial charge >= 0.3 is 0 Å². The van der Waals surface area contributed by atoms with E-state index in [1.807, 2.05) is 0 Å². The first-order chi connectivity index (χ1) is 10.1. The Hall–Kier alpha value is -0.520. The Kier molecular flexibility index (Phi) is 3.18. The van der Waals surface area contributed by atoms with Gasteiger partial charge in [-0.15, -0.1) is 6.58 Å². The maximum atomic E-state index is 4.47. The fraction of sp³-hybridized carbons (Fsp3) is 0.810. The predicted molar refractivity (Wildman–Crippen MR) is 89.9 cm³/mol. The highest BCUT2D eigenvalue weighted by Gasteiger charge is 2.65. The fourth-order valence-corrected chi connectivity index (χ4v) is 6.17. The molecule has 0 aromatic heterocycles. The van der Waals surface area contributed by atoms with E-state index in [2.05, 4.69) is 33.1 Å². The first kappa shape index (κ1) is 14.1. The van der Waals surface area contributed by atoms with E-state index in [0.717, 1.165) is 41.4 Å². The molecule has 0 radical (unpaired) electrons. The zero-order chi connectivity index (χ0) is 14.8. The molecular weight excluding hydrogens is 252 g/mol. The van der Waals surface area contributed by atoms with Crippen LogP contribution < -0.4 is 0 Å². The summed E-state index contributed by atoms with van der Waals surface area (Å²) in [7, 11) is 0. The smallest absolute Gasteiger partial charge is 0.00982 e. The molecule has 0 bridgehead atoms. The third kappa shape index (κ3) is 2.16. The van der Waals surface area contributed by atoms with Gasteiger partial charge in [-0.2, -0.15) is 0 Å². The Morgan fingerprint density at radius 2 is 2.00 bits per heavy atom. The van der Waals surface area contributed by atoms with Gasteiger partial charge in [-0.1, -0.05) is 32.1 Å². The van der Waals surface area contributed by atoms with Gasteiger partial charge in [0.05, 0.1) is 0 Å². The summed E-state index contributed by atoms with van der Waals surface area (Å²) in [6.45, 7) is 13.5. The van der Waals surface area contributed by atoms with Crippen LogP contribution in [0.5, 0.6) is 0 Å². The number of hydrogen-bond donors (Lipinski definition) is 0. The van der Waals surface area contributed by atoms with Gasteiger partial charge in [0.25, 0.3) is 0 Å². The minimum atomic E-state index is 0.685. The van der Waals surface area contributed by atoms with Crippen molar-refractivity contribution in [3.63, 3.8) is 0 Å². The Morgan fingerprint density at radius 1 is 1.29 bits per heavy atom. The van der Waals surface area contributed by atoms with E-state index >= 15 is 0 Å². The van der Waals surface area contributed by atoms with Gasteiger partial charge in [0.2, 0.25) is 0 Å². The summed E-state index contributed by atoms with van der Waals surface area (Å²) >= 11 is 0. The second kappa shape index (κ2) is 4.74. The van der Waals surface area contributed by atoms with E-state index in [1.165, 1.54) is 44.9 Å². The second-order valence-corrected chi connectivity index (χ2v) is 8.92. The monoisotopic (exact) mass is 284 g/mol. The van der Waals surface area contributed by atoms with Crippen LogP contribution in [-0.4, -0.2) is 0 Å². The van der Waals surface area contributed by atoms with E-state index in [-0.39, 0.29) is 0 Å². The minimum Gasteiger partial charge on any atom is -0.103 e.